The van der Waals surface area contributed by atoms with E-state index in [0.717, 1.165) is 12.0 Å². The summed E-state index contributed by atoms with van der Waals surface area (Å²) >= 11 is 0. The van der Waals surface area contributed by atoms with Crippen molar-refractivity contribution >= 4 is 6.09 Å². The van der Waals surface area contributed by atoms with Crippen LogP contribution < -0.4 is 4.74 Å². The number of carbonyl (C=O) groups excluding carboxylic acids is 1. The number of carbonyl (C=O) groups is 1. The molecule has 116 valence electrons. The smallest absolute Gasteiger partial charge is 0.410 e. The average Bonchev–Trinajstić information content (AvgIpc) is 2.87. The zero-order chi connectivity index (χ0) is 15.6. The molecule has 4 nitrogen and oxygen atoms in total. The van der Waals surface area contributed by atoms with Crippen LogP contribution >= 0.6 is 0 Å². The zero-order valence-corrected chi connectivity index (χ0v) is 13.0. The predicted molar refractivity (Wildman–Crippen MR) is 78.1 cm³/mol. The summed E-state index contributed by atoms with van der Waals surface area (Å²) in [5.41, 5.74) is 0.494. The maximum Gasteiger partial charge on any atom is 0.410 e. The second kappa shape index (κ2) is 5.92. The molecule has 1 aromatic carbocycles. The van der Waals surface area contributed by atoms with Gasteiger partial charge in [0, 0.05) is 19.0 Å². The van der Waals surface area contributed by atoms with Crippen molar-refractivity contribution in [2.75, 3.05) is 20.2 Å². The summed E-state index contributed by atoms with van der Waals surface area (Å²) in [6, 6.07) is 4.87. The summed E-state index contributed by atoms with van der Waals surface area (Å²) in [4.78, 5) is 13.7. The van der Waals surface area contributed by atoms with Gasteiger partial charge in [0.15, 0.2) is 11.6 Å². The van der Waals surface area contributed by atoms with E-state index in [9.17, 15) is 9.18 Å². The predicted octanol–water partition coefficient (Wildman–Crippen LogP) is 3.56. The first-order valence-electron chi connectivity index (χ1n) is 7.11. The second-order valence-corrected chi connectivity index (χ2v) is 6.31. The van der Waals surface area contributed by atoms with Crippen molar-refractivity contribution in [2.45, 2.75) is 38.7 Å². The van der Waals surface area contributed by atoms with Gasteiger partial charge < -0.3 is 14.4 Å². The molecule has 0 saturated carbocycles. The van der Waals surface area contributed by atoms with Crippen molar-refractivity contribution < 1.29 is 18.7 Å². The summed E-state index contributed by atoms with van der Waals surface area (Å²) < 4.78 is 23.8. The summed E-state index contributed by atoms with van der Waals surface area (Å²) in [7, 11) is 1.45. The molecular formula is C16H22FNO3. The molecule has 2 rings (SSSR count). The lowest BCUT2D eigenvalue weighted by Crippen LogP contribution is -2.35. The standard InChI is InChI=1S/C16H22FNO3/c1-16(2,3)21-15(19)18-8-7-12(10-18)11-5-6-13(17)14(9-11)20-4/h5-6,9,12H,7-8,10H2,1-4H3. The van der Waals surface area contributed by atoms with Gasteiger partial charge in [0.1, 0.15) is 5.60 Å². The van der Waals surface area contributed by atoms with Gasteiger partial charge >= 0.3 is 6.09 Å². The Morgan fingerprint density at radius 3 is 2.71 bits per heavy atom. The van der Waals surface area contributed by atoms with Gasteiger partial charge in [-0.05, 0) is 44.9 Å². The van der Waals surface area contributed by atoms with Gasteiger partial charge in [-0.1, -0.05) is 6.07 Å². The Balaban J connectivity index is 2.04. The third kappa shape index (κ3) is 3.86. The average molecular weight is 295 g/mol. The number of likely N-dealkylation sites (tertiary alicyclic amines) is 1. The van der Waals surface area contributed by atoms with Crippen molar-refractivity contribution in [1.82, 2.24) is 4.90 Å². The first-order valence-corrected chi connectivity index (χ1v) is 7.11. The van der Waals surface area contributed by atoms with Crippen LogP contribution in [0, 0.1) is 5.82 Å². The number of rotatable bonds is 2. The van der Waals surface area contributed by atoms with Crippen molar-refractivity contribution in [3.63, 3.8) is 0 Å². The minimum atomic E-state index is -0.492. The minimum Gasteiger partial charge on any atom is -0.494 e. The molecule has 1 saturated heterocycles. The number of hydrogen-bond donors (Lipinski definition) is 0. The molecule has 5 heteroatoms. The molecule has 0 spiro atoms. The van der Waals surface area contributed by atoms with E-state index in [1.54, 1.807) is 17.0 Å². The third-order valence-corrected chi connectivity index (χ3v) is 3.49. The molecule has 21 heavy (non-hydrogen) atoms. The summed E-state index contributed by atoms with van der Waals surface area (Å²) in [6.45, 7) is 6.79. The first kappa shape index (κ1) is 15.6. The molecular weight excluding hydrogens is 273 g/mol. The van der Waals surface area contributed by atoms with Gasteiger partial charge in [-0.15, -0.1) is 0 Å². The van der Waals surface area contributed by atoms with E-state index >= 15 is 0 Å². The Bertz CT molecular complexity index is 525. The van der Waals surface area contributed by atoms with Crippen LogP contribution in [0.4, 0.5) is 9.18 Å². The van der Waals surface area contributed by atoms with Crippen molar-refractivity contribution in [3.8, 4) is 5.75 Å². The second-order valence-electron chi connectivity index (χ2n) is 6.31. The van der Waals surface area contributed by atoms with Crippen LogP contribution in [0.25, 0.3) is 0 Å². The van der Waals surface area contributed by atoms with Crippen molar-refractivity contribution in [1.29, 1.82) is 0 Å². The molecule has 1 aromatic rings. The molecule has 0 bridgehead atoms. The molecule has 0 radical (unpaired) electrons. The number of halogens is 1. The van der Waals surface area contributed by atoms with Crippen LogP contribution in [0.1, 0.15) is 38.7 Å². The molecule has 1 fully saturated rings. The molecule has 0 aliphatic carbocycles. The van der Waals surface area contributed by atoms with Crippen LogP contribution in [0.3, 0.4) is 0 Å². The van der Waals surface area contributed by atoms with Gasteiger partial charge in [-0.2, -0.15) is 0 Å². The lowest BCUT2D eigenvalue weighted by molar-refractivity contribution is 0.0292. The maximum absolute atomic E-state index is 13.4. The van der Waals surface area contributed by atoms with E-state index < -0.39 is 5.60 Å². The first-order chi connectivity index (χ1) is 9.80. The Kier molecular flexibility index (Phi) is 4.40. The van der Waals surface area contributed by atoms with E-state index in [2.05, 4.69) is 0 Å². The highest BCUT2D eigenvalue weighted by molar-refractivity contribution is 5.68. The SMILES string of the molecule is COc1cc(C2CCN(C(=O)OC(C)(C)C)C2)ccc1F. The molecule has 1 atom stereocenters. The van der Waals surface area contributed by atoms with Crippen LogP contribution in [0.2, 0.25) is 0 Å². The lowest BCUT2D eigenvalue weighted by atomic mass is 9.98. The Hall–Kier alpha value is -1.78. The fraction of sp³-hybridized carbons (Fsp3) is 0.562. The largest absolute Gasteiger partial charge is 0.494 e. The lowest BCUT2D eigenvalue weighted by Gasteiger charge is -2.24. The van der Waals surface area contributed by atoms with Gasteiger partial charge in [0.25, 0.3) is 0 Å². The molecule has 0 N–H and O–H groups in total. The van der Waals surface area contributed by atoms with Crippen LogP contribution in [0.15, 0.2) is 18.2 Å². The fourth-order valence-electron chi connectivity index (χ4n) is 2.45. The van der Waals surface area contributed by atoms with Crippen LogP contribution in [0.5, 0.6) is 5.75 Å². The quantitative estimate of drug-likeness (QED) is 0.837. The highest BCUT2D eigenvalue weighted by Crippen LogP contribution is 2.31. The van der Waals surface area contributed by atoms with Crippen LogP contribution in [-0.2, 0) is 4.74 Å². The maximum atomic E-state index is 13.4. The normalized spacial score (nSPS) is 18.7. The summed E-state index contributed by atoms with van der Waals surface area (Å²) in [5, 5.41) is 0. The molecule has 1 unspecified atom stereocenters. The fourth-order valence-corrected chi connectivity index (χ4v) is 2.45. The number of nitrogens with zero attached hydrogens (tertiary/aromatic N) is 1. The number of ether oxygens (including phenoxy) is 2. The Labute approximate surface area is 124 Å². The van der Waals surface area contributed by atoms with Crippen molar-refractivity contribution in [3.05, 3.63) is 29.6 Å². The summed E-state index contributed by atoms with van der Waals surface area (Å²) in [5.74, 6) is 0.0541. The van der Waals surface area contributed by atoms with Crippen LogP contribution in [-0.4, -0.2) is 36.8 Å². The van der Waals surface area contributed by atoms with E-state index in [-0.39, 0.29) is 23.6 Å². The van der Waals surface area contributed by atoms with Gasteiger partial charge in [-0.25, -0.2) is 9.18 Å². The van der Waals surface area contributed by atoms with E-state index in [0.29, 0.717) is 13.1 Å². The van der Waals surface area contributed by atoms with E-state index in [1.165, 1.54) is 13.2 Å². The molecule has 0 aromatic heterocycles. The molecule has 1 aliphatic heterocycles. The number of methoxy groups -OCH3 is 1. The molecule has 1 heterocycles. The zero-order valence-electron chi connectivity index (χ0n) is 13.0. The Morgan fingerprint density at radius 1 is 1.38 bits per heavy atom. The number of amides is 1. The van der Waals surface area contributed by atoms with Gasteiger partial charge in [-0.3, -0.25) is 0 Å². The highest BCUT2D eigenvalue weighted by atomic mass is 19.1. The monoisotopic (exact) mass is 295 g/mol. The molecule has 1 aliphatic rings. The van der Waals surface area contributed by atoms with Crippen molar-refractivity contribution in [2.24, 2.45) is 0 Å². The Morgan fingerprint density at radius 2 is 2.10 bits per heavy atom. The number of hydrogen-bond acceptors (Lipinski definition) is 3. The topological polar surface area (TPSA) is 38.8 Å². The number of benzene rings is 1. The summed E-state index contributed by atoms with van der Waals surface area (Å²) in [6.07, 6.45) is 0.549. The minimum absolute atomic E-state index is 0.187. The van der Waals surface area contributed by atoms with E-state index in [4.69, 9.17) is 9.47 Å². The van der Waals surface area contributed by atoms with E-state index in [1.807, 2.05) is 20.8 Å². The third-order valence-electron chi connectivity index (χ3n) is 3.49. The van der Waals surface area contributed by atoms with Gasteiger partial charge in [0.05, 0.1) is 7.11 Å². The highest BCUT2D eigenvalue weighted by Gasteiger charge is 2.30. The van der Waals surface area contributed by atoms with Gasteiger partial charge in [0.2, 0.25) is 0 Å². The molecule has 1 amide bonds.